The average molecular weight is 290 g/mol. The van der Waals surface area contributed by atoms with Crippen molar-refractivity contribution in [1.82, 2.24) is 15.3 Å². The van der Waals surface area contributed by atoms with Crippen LogP contribution < -0.4 is 10.2 Å². The zero-order chi connectivity index (χ0) is 15.5. The van der Waals surface area contributed by atoms with Crippen LogP contribution in [0.1, 0.15) is 58.2 Å². The van der Waals surface area contributed by atoms with Crippen LogP contribution in [0.4, 0.5) is 5.95 Å². The Morgan fingerprint density at radius 3 is 2.57 bits per heavy atom. The zero-order valence-electron chi connectivity index (χ0n) is 14.2. The van der Waals surface area contributed by atoms with Crippen LogP contribution in [0.15, 0.2) is 6.20 Å². The molecule has 4 nitrogen and oxygen atoms in total. The summed E-state index contributed by atoms with van der Waals surface area (Å²) in [5.41, 5.74) is 2.76. The lowest BCUT2D eigenvalue weighted by Crippen LogP contribution is -2.28. The summed E-state index contributed by atoms with van der Waals surface area (Å²) < 4.78 is 0. The maximum atomic E-state index is 4.74. The van der Waals surface area contributed by atoms with Crippen molar-refractivity contribution in [2.24, 2.45) is 5.41 Å². The minimum absolute atomic E-state index is 0.467. The molecular weight excluding hydrogens is 260 g/mol. The Bertz CT molecular complexity index is 466. The van der Waals surface area contributed by atoms with Gasteiger partial charge in [-0.1, -0.05) is 27.7 Å². The Balaban J connectivity index is 2.07. The van der Waals surface area contributed by atoms with Crippen LogP contribution in [0.2, 0.25) is 0 Å². The second kappa shape index (κ2) is 6.73. The number of aryl methyl sites for hydroxylation is 1. The van der Waals surface area contributed by atoms with E-state index in [0.29, 0.717) is 11.5 Å². The van der Waals surface area contributed by atoms with Crippen LogP contribution in [0, 0.1) is 12.3 Å². The maximum absolute atomic E-state index is 4.74. The van der Waals surface area contributed by atoms with Gasteiger partial charge in [0, 0.05) is 43.1 Å². The molecule has 0 aromatic carbocycles. The first-order valence-corrected chi connectivity index (χ1v) is 8.30. The summed E-state index contributed by atoms with van der Waals surface area (Å²) in [6.45, 7) is 14.0. The van der Waals surface area contributed by atoms with E-state index in [9.17, 15) is 0 Å². The predicted octanol–water partition coefficient (Wildman–Crippen LogP) is 3.30. The molecule has 0 bridgehead atoms. The van der Waals surface area contributed by atoms with E-state index in [1.807, 2.05) is 6.20 Å². The molecular formula is C17H30N4. The quantitative estimate of drug-likeness (QED) is 0.873. The number of hydrogen-bond donors (Lipinski definition) is 1. The van der Waals surface area contributed by atoms with Gasteiger partial charge >= 0.3 is 0 Å². The molecule has 21 heavy (non-hydrogen) atoms. The molecule has 0 aliphatic carbocycles. The van der Waals surface area contributed by atoms with Crippen LogP contribution in [-0.2, 0) is 6.54 Å². The van der Waals surface area contributed by atoms with Crippen LogP contribution in [0.5, 0.6) is 0 Å². The Hall–Kier alpha value is -1.16. The highest BCUT2D eigenvalue weighted by Crippen LogP contribution is 2.38. The molecule has 1 aromatic rings. The zero-order valence-corrected chi connectivity index (χ0v) is 14.2. The van der Waals surface area contributed by atoms with Gasteiger partial charge in [0.05, 0.1) is 0 Å². The van der Waals surface area contributed by atoms with E-state index in [2.05, 4.69) is 49.8 Å². The SMILES string of the molecule is CCC1(CC)CCN(c2ncc(CNC(C)C)c(C)n2)C1. The first kappa shape index (κ1) is 16.2. The van der Waals surface area contributed by atoms with Crippen molar-refractivity contribution in [2.45, 2.75) is 66.5 Å². The van der Waals surface area contributed by atoms with E-state index in [1.54, 1.807) is 0 Å². The minimum atomic E-state index is 0.467. The molecule has 0 amide bonds. The number of nitrogens with one attached hydrogen (secondary N) is 1. The molecule has 2 heterocycles. The lowest BCUT2D eigenvalue weighted by molar-refractivity contribution is 0.301. The molecule has 0 unspecified atom stereocenters. The van der Waals surface area contributed by atoms with Crippen LogP contribution in [0.25, 0.3) is 0 Å². The molecule has 1 aromatic heterocycles. The van der Waals surface area contributed by atoms with Gasteiger partial charge in [0.15, 0.2) is 0 Å². The summed E-state index contributed by atoms with van der Waals surface area (Å²) in [5.74, 6) is 0.907. The Labute approximate surface area is 129 Å². The fourth-order valence-electron chi connectivity index (χ4n) is 3.05. The highest BCUT2D eigenvalue weighted by Gasteiger charge is 2.35. The van der Waals surface area contributed by atoms with Crippen molar-refractivity contribution in [3.05, 3.63) is 17.5 Å². The molecule has 1 fully saturated rings. The van der Waals surface area contributed by atoms with Gasteiger partial charge in [-0.2, -0.15) is 0 Å². The van der Waals surface area contributed by atoms with Gasteiger partial charge in [-0.3, -0.25) is 0 Å². The summed E-state index contributed by atoms with van der Waals surface area (Å²) in [4.78, 5) is 11.7. The lowest BCUT2D eigenvalue weighted by Gasteiger charge is -2.26. The number of anilines is 1. The van der Waals surface area contributed by atoms with Crippen molar-refractivity contribution in [2.75, 3.05) is 18.0 Å². The Morgan fingerprint density at radius 2 is 2.05 bits per heavy atom. The van der Waals surface area contributed by atoms with Gasteiger partial charge < -0.3 is 10.2 Å². The highest BCUT2D eigenvalue weighted by atomic mass is 15.3. The summed E-state index contributed by atoms with van der Waals surface area (Å²) in [6.07, 6.45) is 5.74. The third kappa shape index (κ3) is 3.73. The van der Waals surface area contributed by atoms with Gasteiger partial charge in [-0.05, 0) is 31.6 Å². The fraction of sp³-hybridized carbons (Fsp3) is 0.765. The third-order valence-corrected chi connectivity index (χ3v) is 4.99. The summed E-state index contributed by atoms with van der Waals surface area (Å²) in [6, 6.07) is 0.484. The molecule has 1 aliphatic heterocycles. The molecule has 0 atom stereocenters. The molecule has 0 saturated carbocycles. The van der Waals surface area contributed by atoms with Gasteiger partial charge in [-0.15, -0.1) is 0 Å². The largest absolute Gasteiger partial charge is 0.340 e. The van der Waals surface area contributed by atoms with Crippen LogP contribution in [0.3, 0.4) is 0 Å². The van der Waals surface area contributed by atoms with Crippen molar-refractivity contribution in [3.8, 4) is 0 Å². The summed E-state index contributed by atoms with van der Waals surface area (Å²) >= 11 is 0. The maximum Gasteiger partial charge on any atom is 0.225 e. The number of nitrogens with zero attached hydrogens (tertiary/aromatic N) is 3. The molecule has 4 heteroatoms. The first-order valence-electron chi connectivity index (χ1n) is 8.30. The van der Waals surface area contributed by atoms with E-state index in [-0.39, 0.29) is 0 Å². The van der Waals surface area contributed by atoms with Gasteiger partial charge in [0.25, 0.3) is 0 Å². The predicted molar refractivity (Wildman–Crippen MR) is 88.6 cm³/mol. The standard InChI is InChI=1S/C17H30N4/c1-6-17(7-2)8-9-21(12-17)16-19-11-15(14(5)20-16)10-18-13(3)4/h11,13,18H,6-10,12H2,1-5H3. The summed E-state index contributed by atoms with van der Waals surface area (Å²) in [7, 11) is 0. The molecule has 1 saturated heterocycles. The molecule has 1 aliphatic rings. The van der Waals surface area contributed by atoms with Crippen LogP contribution >= 0.6 is 0 Å². The van der Waals surface area contributed by atoms with E-state index in [0.717, 1.165) is 31.3 Å². The van der Waals surface area contributed by atoms with E-state index in [4.69, 9.17) is 4.98 Å². The fourth-order valence-corrected chi connectivity index (χ4v) is 3.05. The van der Waals surface area contributed by atoms with Crippen LogP contribution in [-0.4, -0.2) is 29.1 Å². The monoisotopic (exact) mass is 290 g/mol. The normalized spacial score (nSPS) is 17.7. The van der Waals surface area contributed by atoms with E-state index >= 15 is 0 Å². The smallest absolute Gasteiger partial charge is 0.225 e. The second-order valence-electron chi connectivity index (χ2n) is 6.69. The molecule has 1 N–H and O–H groups in total. The van der Waals surface area contributed by atoms with Crippen molar-refractivity contribution >= 4 is 5.95 Å². The van der Waals surface area contributed by atoms with E-state index in [1.165, 1.54) is 24.8 Å². The molecule has 118 valence electrons. The number of hydrogen-bond acceptors (Lipinski definition) is 4. The van der Waals surface area contributed by atoms with Gasteiger partial charge in [0.2, 0.25) is 5.95 Å². The number of rotatable bonds is 6. The number of aromatic nitrogens is 2. The lowest BCUT2D eigenvalue weighted by atomic mass is 9.82. The summed E-state index contributed by atoms with van der Waals surface area (Å²) in [5, 5.41) is 3.43. The first-order chi connectivity index (χ1) is 9.99. The molecule has 0 spiro atoms. The highest BCUT2D eigenvalue weighted by molar-refractivity contribution is 5.35. The van der Waals surface area contributed by atoms with E-state index < -0.39 is 0 Å². The third-order valence-electron chi connectivity index (χ3n) is 4.99. The molecule has 0 radical (unpaired) electrons. The minimum Gasteiger partial charge on any atom is -0.340 e. The topological polar surface area (TPSA) is 41.1 Å². The Kier molecular flexibility index (Phi) is 5.20. The van der Waals surface area contributed by atoms with Crippen molar-refractivity contribution < 1.29 is 0 Å². The van der Waals surface area contributed by atoms with Gasteiger partial charge in [0.1, 0.15) is 0 Å². The average Bonchev–Trinajstić information content (AvgIpc) is 2.91. The molecule has 2 rings (SSSR count). The van der Waals surface area contributed by atoms with Crippen molar-refractivity contribution in [3.63, 3.8) is 0 Å². The second-order valence-corrected chi connectivity index (χ2v) is 6.69. The Morgan fingerprint density at radius 1 is 1.33 bits per heavy atom. The van der Waals surface area contributed by atoms with Gasteiger partial charge in [-0.25, -0.2) is 9.97 Å². The van der Waals surface area contributed by atoms with Crippen molar-refractivity contribution in [1.29, 1.82) is 0 Å².